The van der Waals surface area contributed by atoms with Gasteiger partial charge in [0.2, 0.25) is 0 Å². The largest absolute Gasteiger partial charge is 0.480 e. The first kappa shape index (κ1) is 12.2. The number of aryl methyl sites for hydroxylation is 1. The van der Waals surface area contributed by atoms with Crippen LogP contribution >= 0.6 is 0 Å². The third-order valence-electron chi connectivity index (χ3n) is 2.77. The van der Waals surface area contributed by atoms with E-state index in [0.29, 0.717) is 11.5 Å². The van der Waals surface area contributed by atoms with Crippen LogP contribution in [0.3, 0.4) is 0 Å². The summed E-state index contributed by atoms with van der Waals surface area (Å²) in [5, 5.41) is 9.10. The van der Waals surface area contributed by atoms with Crippen molar-refractivity contribution in [2.75, 3.05) is 5.73 Å². The van der Waals surface area contributed by atoms with Crippen LogP contribution in [0.15, 0.2) is 30.5 Å². The maximum Gasteiger partial charge on any atom is 0.326 e. The molecule has 18 heavy (non-hydrogen) atoms. The van der Waals surface area contributed by atoms with Gasteiger partial charge >= 0.3 is 5.97 Å². The summed E-state index contributed by atoms with van der Waals surface area (Å²) in [6.45, 7) is 3.46. The first-order valence-corrected chi connectivity index (χ1v) is 5.63. The molecule has 5 heteroatoms. The number of carboxylic acids is 1. The van der Waals surface area contributed by atoms with Gasteiger partial charge in [-0.3, -0.25) is 0 Å². The molecule has 0 saturated carbocycles. The third kappa shape index (κ3) is 2.20. The molecule has 1 heterocycles. The normalized spacial score (nSPS) is 12.3. The van der Waals surface area contributed by atoms with E-state index >= 15 is 0 Å². The molecule has 3 N–H and O–H groups in total. The highest BCUT2D eigenvalue weighted by Crippen LogP contribution is 2.24. The van der Waals surface area contributed by atoms with Crippen molar-refractivity contribution in [3.63, 3.8) is 0 Å². The van der Waals surface area contributed by atoms with E-state index in [0.717, 1.165) is 11.3 Å². The molecule has 1 aromatic carbocycles. The van der Waals surface area contributed by atoms with Gasteiger partial charge in [0.1, 0.15) is 11.9 Å². The number of nitrogens with two attached hydrogens (primary N) is 1. The topological polar surface area (TPSA) is 81.1 Å². The Bertz CT molecular complexity index is 590. The maximum atomic E-state index is 11.1. The highest BCUT2D eigenvalue weighted by atomic mass is 16.4. The lowest BCUT2D eigenvalue weighted by Crippen LogP contribution is -2.15. The number of carboxylic acid groups (broad SMARTS) is 1. The lowest BCUT2D eigenvalue weighted by atomic mass is 10.2. The summed E-state index contributed by atoms with van der Waals surface area (Å²) in [4.78, 5) is 15.5. The van der Waals surface area contributed by atoms with E-state index in [1.54, 1.807) is 29.8 Å². The lowest BCUT2D eigenvalue weighted by Gasteiger charge is -2.12. The summed E-state index contributed by atoms with van der Waals surface area (Å²) < 4.78 is 1.65. The standard InChI is InChI=1S/C13H15N3O2/c1-8-7-16(9(2)13(17)18)12(15-8)10-4-3-5-11(14)6-10/h3-7,9H,14H2,1-2H3,(H,17,18). The van der Waals surface area contributed by atoms with Gasteiger partial charge in [0.15, 0.2) is 0 Å². The van der Waals surface area contributed by atoms with Gasteiger partial charge in [-0.25, -0.2) is 9.78 Å². The van der Waals surface area contributed by atoms with E-state index in [1.807, 2.05) is 19.1 Å². The number of carbonyl (C=O) groups is 1. The molecule has 0 spiro atoms. The van der Waals surface area contributed by atoms with Crippen LogP contribution in [-0.4, -0.2) is 20.6 Å². The summed E-state index contributed by atoms with van der Waals surface area (Å²) in [6, 6.07) is 6.59. The van der Waals surface area contributed by atoms with Crippen LogP contribution in [0.2, 0.25) is 0 Å². The summed E-state index contributed by atoms with van der Waals surface area (Å²) in [7, 11) is 0. The van der Waals surface area contributed by atoms with E-state index in [2.05, 4.69) is 4.98 Å². The molecule has 0 radical (unpaired) electrons. The van der Waals surface area contributed by atoms with Crippen molar-refractivity contribution in [1.82, 2.24) is 9.55 Å². The molecule has 2 rings (SSSR count). The quantitative estimate of drug-likeness (QED) is 0.811. The van der Waals surface area contributed by atoms with Crippen molar-refractivity contribution < 1.29 is 9.90 Å². The fourth-order valence-corrected chi connectivity index (χ4v) is 1.82. The van der Waals surface area contributed by atoms with Crippen LogP contribution < -0.4 is 5.73 Å². The van der Waals surface area contributed by atoms with Gasteiger partial charge in [-0.15, -0.1) is 0 Å². The highest BCUT2D eigenvalue weighted by Gasteiger charge is 2.18. The number of rotatable bonds is 3. The molecule has 1 atom stereocenters. The fourth-order valence-electron chi connectivity index (χ4n) is 1.82. The van der Waals surface area contributed by atoms with Crippen LogP contribution in [0.5, 0.6) is 0 Å². The van der Waals surface area contributed by atoms with Crippen LogP contribution in [0.4, 0.5) is 5.69 Å². The molecule has 1 unspecified atom stereocenters. The van der Waals surface area contributed by atoms with Crippen LogP contribution in [0.25, 0.3) is 11.4 Å². The Labute approximate surface area is 105 Å². The van der Waals surface area contributed by atoms with Gasteiger partial charge in [-0.2, -0.15) is 0 Å². The molecule has 0 aliphatic heterocycles. The van der Waals surface area contributed by atoms with E-state index in [9.17, 15) is 4.79 Å². The summed E-state index contributed by atoms with van der Waals surface area (Å²) in [5.41, 5.74) is 7.96. The second kappa shape index (κ2) is 4.52. The van der Waals surface area contributed by atoms with E-state index in [4.69, 9.17) is 10.8 Å². The number of nitrogens with zero attached hydrogens (tertiary/aromatic N) is 2. The Morgan fingerprint density at radius 2 is 2.22 bits per heavy atom. The summed E-state index contributed by atoms with van der Waals surface area (Å²) in [5.74, 6) is -0.271. The van der Waals surface area contributed by atoms with Crippen molar-refractivity contribution in [2.45, 2.75) is 19.9 Å². The Kier molecular flexibility index (Phi) is 3.06. The second-order valence-electron chi connectivity index (χ2n) is 4.25. The molecule has 0 amide bonds. The van der Waals surface area contributed by atoms with Crippen molar-refractivity contribution in [1.29, 1.82) is 0 Å². The SMILES string of the molecule is Cc1cn(C(C)C(=O)O)c(-c2cccc(N)c2)n1. The fraction of sp³-hybridized carbons (Fsp3) is 0.231. The molecular formula is C13H15N3O2. The Morgan fingerprint density at radius 1 is 1.50 bits per heavy atom. The Morgan fingerprint density at radius 3 is 2.83 bits per heavy atom. The monoisotopic (exact) mass is 245 g/mol. The van der Waals surface area contributed by atoms with E-state index in [1.165, 1.54) is 0 Å². The maximum absolute atomic E-state index is 11.1. The van der Waals surface area contributed by atoms with E-state index < -0.39 is 12.0 Å². The van der Waals surface area contributed by atoms with Gasteiger partial charge in [-0.1, -0.05) is 12.1 Å². The number of imidazole rings is 1. The molecule has 0 aliphatic carbocycles. The number of benzene rings is 1. The minimum atomic E-state index is -0.891. The van der Waals surface area contributed by atoms with Gasteiger partial charge in [0.05, 0.1) is 5.69 Å². The summed E-state index contributed by atoms with van der Waals surface area (Å²) >= 11 is 0. The van der Waals surface area contributed by atoms with Crippen LogP contribution in [-0.2, 0) is 4.79 Å². The predicted octanol–water partition coefficient (Wildman–Crippen LogP) is 2.09. The smallest absolute Gasteiger partial charge is 0.326 e. The number of anilines is 1. The second-order valence-corrected chi connectivity index (χ2v) is 4.25. The van der Waals surface area contributed by atoms with Gasteiger partial charge in [0.25, 0.3) is 0 Å². The molecule has 2 aromatic rings. The molecule has 94 valence electrons. The molecule has 1 aromatic heterocycles. The van der Waals surface area contributed by atoms with Crippen LogP contribution in [0, 0.1) is 6.92 Å². The number of hydrogen-bond acceptors (Lipinski definition) is 3. The first-order valence-electron chi connectivity index (χ1n) is 5.63. The summed E-state index contributed by atoms with van der Waals surface area (Å²) in [6.07, 6.45) is 1.73. The molecule has 0 fully saturated rings. The van der Waals surface area contributed by atoms with Gasteiger partial charge < -0.3 is 15.4 Å². The molecule has 0 saturated heterocycles. The van der Waals surface area contributed by atoms with Crippen molar-refractivity contribution in [3.8, 4) is 11.4 Å². The van der Waals surface area contributed by atoms with Crippen LogP contribution in [0.1, 0.15) is 18.7 Å². The highest BCUT2D eigenvalue weighted by molar-refractivity contribution is 5.73. The Hall–Kier alpha value is -2.30. The number of nitrogen functional groups attached to an aromatic ring is 1. The molecule has 0 bridgehead atoms. The Balaban J connectivity index is 2.54. The van der Waals surface area contributed by atoms with Crippen molar-refractivity contribution in [3.05, 3.63) is 36.2 Å². The molecule has 5 nitrogen and oxygen atoms in total. The van der Waals surface area contributed by atoms with Crippen molar-refractivity contribution >= 4 is 11.7 Å². The third-order valence-corrected chi connectivity index (χ3v) is 2.77. The van der Waals surface area contributed by atoms with Gasteiger partial charge in [0, 0.05) is 17.4 Å². The van der Waals surface area contributed by atoms with E-state index in [-0.39, 0.29) is 0 Å². The molecule has 0 aliphatic rings. The zero-order valence-corrected chi connectivity index (χ0v) is 10.3. The number of hydrogen-bond donors (Lipinski definition) is 2. The minimum absolute atomic E-state index is 0.620. The molecular weight excluding hydrogens is 230 g/mol. The number of aliphatic carboxylic acids is 1. The van der Waals surface area contributed by atoms with Crippen molar-refractivity contribution in [2.24, 2.45) is 0 Å². The minimum Gasteiger partial charge on any atom is -0.480 e. The number of aromatic nitrogens is 2. The zero-order chi connectivity index (χ0) is 13.3. The first-order chi connectivity index (χ1) is 8.49. The predicted molar refractivity (Wildman–Crippen MR) is 69.2 cm³/mol. The van der Waals surface area contributed by atoms with Gasteiger partial charge in [-0.05, 0) is 26.0 Å². The lowest BCUT2D eigenvalue weighted by molar-refractivity contribution is -0.140. The average molecular weight is 245 g/mol. The average Bonchev–Trinajstić information content (AvgIpc) is 2.70. The zero-order valence-electron chi connectivity index (χ0n) is 10.3.